The van der Waals surface area contributed by atoms with Gasteiger partial charge in [-0.15, -0.1) is 0 Å². The second-order valence-corrected chi connectivity index (χ2v) is 9.23. The Bertz CT molecular complexity index is 261. The fourth-order valence-electron chi connectivity index (χ4n) is 1.14. The van der Waals surface area contributed by atoms with Crippen LogP contribution in [0.5, 0.6) is 0 Å². The number of esters is 1. The van der Waals surface area contributed by atoms with Gasteiger partial charge in [-0.1, -0.05) is 11.4 Å². The van der Waals surface area contributed by atoms with E-state index in [0.29, 0.717) is 26.2 Å². The molecule has 0 aromatic carbocycles. The molecule has 1 heterocycles. The zero-order valence-electron chi connectivity index (χ0n) is 8.80. The summed E-state index contributed by atoms with van der Waals surface area (Å²) in [7, 11) is 0. The summed E-state index contributed by atoms with van der Waals surface area (Å²) < 4.78 is 15.7. The van der Waals surface area contributed by atoms with Gasteiger partial charge in [-0.25, -0.2) is 0 Å². The molecule has 1 saturated heterocycles. The largest absolute Gasteiger partial charge is 0.465 e. The molecule has 0 aliphatic carbocycles. The maximum absolute atomic E-state index is 11.3. The van der Waals surface area contributed by atoms with Gasteiger partial charge < -0.3 is 13.8 Å². The summed E-state index contributed by atoms with van der Waals surface area (Å²) in [6.45, 7) is 5.23. The van der Waals surface area contributed by atoms with Gasteiger partial charge in [0, 0.05) is 6.42 Å². The zero-order chi connectivity index (χ0) is 11.3. The molecule has 0 amide bonds. The quantitative estimate of drug-likeness (QED) is 0.545. The first kappa shape index (κ1) is 13.5. The normalized spacial score (nSPS) is 21.7. The third-order valence-corrected chi connectivity index (χ3v) is 7.39. The summed E-state index contributed by atoms with van der Waals surface area (Å²) in [5, 5.41) is -0.214. The summed E-state index contributed by atoms with van der Waals surface area (Å²) in [5.74, 6) is -0.200. The minimum absolute atomic E-state index is 0.200. The van der Waals surface area contributed by atoms with Crippen molar-refractivity contribution < 1.29 is 18.6 Å². The van der Waals surface area contributed by atoms with Crippen LogP contribution in [0.2, 0.25) is 0 Å². The lowest BCUT2D eigenvalue weighted by atomic mass is 10.4. The second kappa shape index (κ2) is 6.21. The van der Waals surface area contributed by atoms with Crippen molar-refractivity contribution in [1.29, 1.82) is 0 Å². The first-order chi connectivity index (χ1) is 7.11. The van der Waals surface area contributed by atoms with Crippen LogP contribution >= 0.6 is 17.1 Å². The highest BCUT2D eigenvalue weighted by molar-refractivity contribution is 8.68. The molecule has 15 heavy (non-hydrogen) atoms. The second-order valence-electron chi connectivity index (χ2n) is 2.83. The molecule has 1 rings (SSSR count). The summed E-state index contributed by atoms with van der Waals surface area (Å²) in [4.78, 5) is 11.3. The highest BCUT2D eigenvalue weighted by Gasteiger charge is 2.34. The third kappa shape index (κ3) is 4.04. The topological polar surface area (TPSA) is 44.8 Å². The molecule has 0 aromatic heterocycles. The van der Waals surface area contributed by atoms with Gasteiger partial charge in [0.1, 0.15) is 5.25 Å². The molecular formula is C8H15O4PS2. The summed E-state index contributed by atoms with van der Waals surface area (Å²) in [6.07, 6.45) is 0.696. The standard InChI is InChI=1S/C8H15O4PS2/c1-3-11-13(14,12-4-2)15-7-5-6-10-8(7)9/h7H,3-6H2,1-2H3. The van der Waals surface area contributed by atoms with Gasteiger partial charge in [0.25, 0.3) is 0 Å². The smallest absolute Gasteiger partial charge is 0.319 e. The predicted octanol–water partition coefficient (Wildman–Crippen LogP) is 2.33. The van der Waals surface area contributed by atoms with E-state index in [1.165, 1.54) is 11.4 Å². The summed E-state index contributed by atoms with van der Waals surface area (Å²) >= 11 is 6.63. The molecule has 7 heteroatoms. The average molecular weight is 270 g/mol. The number of ether oxygens (including phenoxy) is 1. The molecule has 0 N–H and O–H groups in total. The van der Waals surface area contributed by atoms with Crippen molar-refractivity contribution in [1.82, 2.24) is 0 Å². The van der Waals surface area contributed by atoms with Crippen molar-refractivity contribution in [2.75, 3.05) is 19.8 Å². The van der Waals surface area contributed by atoms with E-state index >= 15 is 0 Å². The molecule has 1 aliphatic heterocycles. The number of cyclic esters (lactones) is 1. The third-order valence-electron chi connectivity index (χ3n) is 1.72. The molecule has 0 bridgehead atoms. The molecule has 0 saturated carbocycles. The van der Waals surface area contributed by atoms with E-state index in [9.17, 15) is 4.79 Å². The number of hydrogen-bond donors (Lipinski definition) is 0. The Hall–Kier alpha value is 0.390. The molecule has 0 spiro atoms. The molecule has 0 aromatic rings. The molecule has 88 valence electrons. The van der Waals surface area contributed by atoms with E-state index in [-0.39, 0.29) is 11.2 Å². The van der Waals surface area contributed by atoms with Gasteiger partial charge in [-0.3, -0.25) is 4.79 Å². The Labute approximate surface area is 99.0 Å². The van der Waals surface area contributed by atoms with Gasteiger partial charge in [-0.2, -0.15) is 0 Å². The van der Waals surface area contributed by atoms with Gasteiger partial charge in [0.05, 0.1) is 19.8 Å². The van der Waals surface area contributed by atoms with Crippen molar-refractivity contribution in [3.63, 3.8) is 0 Å². The predicted molar refractivity (Wildman–Crippen MR) is 64.5 cm³/mol. The van der Waals surface area contributed by atoms with Crippen LogP contribution in [0.1, 0.15) is 20.3 Å². The first-order valence-electron chi connectivity index (χ1n) is 4.85. The minimum atomic E-state index is -2.36. The maximum Gasteiger partial charge on any atom is 0.319 e. The van der Waals surface area contributed by atoms with Crippen LogP contribution in [-0.4, -0.2) is 31.0 Å². The van der Waals surface area contributed by atoms with Gasteiger partial charge in [-0.05, 0) is 25.7 Å². The minimum Gasteiger partial charge on any atom is -0.465 e. The van der Waals surface area contributed by atoms with E-state index < -0.39 is 5.69 Å². The van der Waals surface area contributed by atoms with Crippen molar-refractivity contribution in [2.45, 2.75) is 25.5 Å². The first-order valence-corrected chi connectivity index (χ1v) is 8.97. The van der Waals surface area contributed by atoms with Gasteiger partial charge >= 0.3 is 5.97 Å². The Morgan fingerprint density at radius 1 is 1.53 bits per heavy atom. The lowest BCUT2D eigenvalue weighted by molar-refractivity contribution is -0.137. The molecule has 0 radical (unpaired) electrons. The highest BCUT2D eigenvalue weighted by atomic mass is 32.9. The van der Waals surface area contributed by atoms with Crippen LogP contribution in [0.4, 0.5) is 0 Å². The van der Waals surface area contributed by atoms with E-state index in [1.807, 2.05) is 13.8 Å². The van der Waals surface area contributed by atoms with Crippen molar-refractivity contribution >= 4 is 34.9 Å². The number of hydrogen-bond acceptors (Lipinski definition) is 6. The average Bonchev–Trinajstić information content (AvgIpc) is 2.52. The van der Waals surface area contributed by atoms with Crippen molar-refractivity contribution in [3.05, 3.63) is 0 Å². The fourth-order valence-corrected chi connectivity index (χ4v) is 6.71. The van der Waals surface area contributed by atoms with Crippen molar-refractivity contribution in [2.24, 2.45) is 0 Å². The molecular weight excluding hydrogens is 255 g/mol. The Balaban J connectivity index is 2.57. The van der Waals surface area contributed by atoms with E-state index in [0.717, 1.165) is 0 Å². The Morgan fingerprint density at radius 3 is 2.53 bits per heavy atom. The Morgan fingerprint density at radius 2 is 2.13 bits per heavy atom. The SMILES string of the molecule is CCOP(=S)(OCC)SC1CCOC1=O. The van der Waals surface area contributed by atoms with Crippen LogP contribution in [0.3, 0.4) is 0 Å². The Kier molecular flexibility index (Phi) is 5.57. The van der Waals surface area contributed by atoms with Gasteiger partial charge in [0.2, 0.25) is 5.69 Å². The lowest BCUT2D eigenvalue weighted by Gasteiger charge is -2.21. The number of rotatable bonds is 6. The van der Waals surface area contributed by atoms with E-state index in [1.54, 1.807) is 0 Å². The lowest BCUT2D eigenvalue weighted by Crippen LogP contribution is -2.10. The zero-order valence-corrected chi connectivity index (χ0v) is 11.3. The monoisotopic (exact) mass is 270 g/mol. The maximum atomic E-state index is 11.3. The molecule has 1 fully saturated rings. The highest BCUT2D eigenvalue weighted by Crippen LogP contribution is 2.63. The summed E-state index contributed by atoms with van der Waals surface area (Å²) in [5.41, 5.74) is -2.36. The van der Waals surface area contributed by atoms with Crippen LogP contribution < -0.4 is 0 Å². The van der Waals surface area contributed by atoms with Crippen molar-refractivity contribution in [3.8, 4) is 0 Å². The fraction of sp³-hybridized carbons (Fsp3) is 0.875. The van der Waals surface area contributed by atoms with Crippen LogP contribution in [0.25, 0.3) is 0 Å². The van der Waals surface area contributed by atoms with Crippen LogP contribution in [-0.2, 0) is 30.4 Å². The molecule has 1 unspecified atom stereocenters. The number of carbonyl (C=O) groups excluding carboxylic acids is 1. The molecule has 1 atom stereocenters. The van der Waals surface area contributed by atoms with E-state index in [4.69, 9.17) is 25.6 Å². The van der Waals surface area contributed by atoms with Crippen LogP contribution in [0, 0.1) is 0 Å². The summed E-state index contributed by atoms with van der Waals surface area (Å²) in [6, 6.07) is 0. The van der Waals surface area contributed by atoms with Crippen LogP contribution in [0.15, 0.2) is 0 Å². The molecule has 1 aliphatic rings. The molecule has 4 nitrogen and oxygen atoms in total. The van der Waals surface area contributed by atoms with Gasteiger partial charge in [0.15, 0.2) is 0 Å². The number of carbonyl (C=O) groups is 1. The van der Waals surface area contributed by atoms with E-state index in [2.05, 4.69) is 0 Å².